The van der Waals surface area contributed by atoms with Gasteiger partial charge >= 0.3 is 5.97 Å². The largest absolute Gasteiger partial charge is 0.478 e. The highest BCUT2D eigenvalue weighted by molar-refractivity contribution is 5.99. The maximum Gasteiger partial charge on any atom is 0.335 e. The van der Waals surface area contributed by atoms with Crippen LogP contribution >= 0.6 is 0 Å². The smallest absolute Gasteiger partial charge is 0.335 e. The minimum absolute atomic E-state index is 0.0206. The Bertz CT molecular complexity index is 1390. The van der Waals surface area contributed by atoms with Crippen LogP contribution in [0.2, 0.25) is 0 Å². The maximum absolute atomic E-state index is 13.0. The average molecular weight is 484 g/mol. The van der Waals surface area contributed by atoms with E-state index < -0.39 is 5.97 Å². The van der Waals surface area contributed by atoms with E-state index in [0.29, 0.717) is 5.92 Å². The molecule has 4 aromatic rings. The normalized spacial score (nSPS) is 14.3. The second-order valence-electron chi connectivity index (χ2n) is 10.1. The summed E-state index contributed by atoms with van der Waals surface area (Å²) in [5.74, 6) is -0.591. The van der Waals surface area contributed by atoms with Crippen LogP contribution in [0.3, 0.4) is 0 Å². The van der Waals surface area contributed by atoms with Crippen LogP contribution < -0.4 is 0 Å². The Balaban J connectivity index is 1.70. The average Bonchev–Trinajstić information content (AvgIpc) is 3.47. The van der Waals surface area contributed by atoms with E-state index in [1.54, 1.807) is 31.1 Å². The Labute approximate surface area is 211 Å². The fourth-order valence-corrected chi connectivity index (χ4v) is 5.54. The molecule has 1 aliphatic rings. The van der Waals surface area contributed by atoms with E-state index in [1.807, 2.05) is 24.3 Å². The zero-order valence-corrected chi connectivity index (χ0v) is 21.0. The molecule has 0 atom stereocenters. The number of carbonyl (C=O) groups excluding carboxylic acids is 1. The van der Waals surface area contributed by atoms with Crippen molar-refractivity contribution in [2.24, 2.45) is 0 Å². The summed E-state index contributed by atoms with van der Waals surface area (Å²) in [5.41, 5.74) is 5.64. The van der Waals surface area contributed by atoms with Crippen LogP contribution in [0, 0.1) is 0 Å². The number of nitrogens with zero attached hydrogens (tertiary/aromatic N) is 3. The van der Waals surface area contributed by atoms with Crippen molar-refractivity contribution in [2.75, 3.05) is 14.1 Å². The zero-order chi connectivity index (χ0) is 25.2. The molecule has 1 aliphatic carbocycles. The Morgan fingerprint density at radius 3 is 2.44 bits per heavy atom. The summed E-state index contributed by atoms with van der Waals surface area (Å²) in [4.78, 5) is 26.4. The maximum atomic E-state index is 13.0. The van der Waals surface area contributed by atoms with Gasteiger partial charge < -0.3 is 19.1 Å². The number of aromatic carboxylic acids is 1. The van der Waals surface area contributed by atoms with E-state index in [2.05, 4.69) is 39.7 Å². The predicted molar refractivity (Wildman–Crippen MR) is 142 cm³/mol. The first-order valence-electron chi connectivity index (χ1n) is 12.7. The van der Waals surface area contributed by atoms with Crippen molar-refractivity contribution in [3.63, 3.8) is 0 Å². The number of carbonyl (C=O) groups is 2. The van der Waals surface area contributed by atoms with Crippen molar-refractivity contribution in [3.05, 3.63) is 83.7 Å². The molecular formula is C30H33N3O3. The molecular weight excluding hydrogens is 450 g/mol. The van der Waals surface area contributed by atoms with Crippen LogP contribution in [0.5, 0.6) is 0 Å². The molecule has 1 N–H and O–H groups in total. The molecule has 6 heteroatoms. The van der Waals surface area contributed by atoms with E-state index in [9.17, 15) is 14.7 Å². The minimum atomic E-state index is -0.960. The highest BCUT2D eigenvalue weighted by Gasteiger charge is 2.28. The molecule has 0 spiro atoms. The topological polar surface area (TPSA) is 67.5 Å². The van der Waals surface area contributed by atoms with Gasteiger partial charge in [-0.25, -0.2) is 4.79 Å². The molecule has 0 aliphatic heterocycles. The zero-order valence-electron chi connectivity index (χ0n) is 21.0. The predicted octanol–water partition coefficient (Wildman–Crippen LogP) is 5.99. The molecule has 0 radical (unpaired) electrons. The number of amides is 1. The second kappa shape index (κ2) is 10.1. The van der Waals surface area contributed by atoms with Gasteiger partial charge in [0.1, 0.15) is 6.54 Å². The van der Waals surface area contributed by atoms with Crippen molar-refractivity contribution in [1.82, 2.24) is 14.0 Å². The quantitative estimate of drug-likeness (QED) is 0.351. The van der Waals surface area contributed by atoms with Gasteiger partial charge in [-0.15, -0.1) is 0 Å². The van der Waals surface area contributed by atoms with Gasteiger partial charge in [0.25, 0.3) is 0 Å². The van der Waals surface area contributed by atoms with Gasteiger partial charge in [-0.05, 0) is 48.1 Å². The fourth-order valence-electron chi connectivity index (χ4n) is 5.54. The SMILES string of the molecule is CN(C)C(=O)Cn1c(-c2ccn(Cc3ccccc3)c2)c(C2CCCCC2)c2ccc(C(=O)O)cc21. The molecule has 0 bridgehead atoms. The van der Waals surface area contributed by atoms with Gasteiger partial charge in [-0.3, -0.25) is 4.79 Å². The molecule has 2 heterocycles. The molecule has 36 heavy (non-hydrogen) atoms. The third-order valence-corrected chi connectivity index (χ3v) is 7.39. The Morgan fingerprint density at radius 2 is 1.75 bits per heavy atom. The molecule has 2 aromatic carbocycles. The molecule has 5 rings (SSSR count). The lowest BCUT2D eigenvalue weighted by atomic mass is 9.82. The third kappa shape index (κ3) is 4.68. The fraction of sp³-hybridized carbons (Fsp3) is 0.333. The Hall–Kier alpha value is -3.80. The van der Waals surface area contributed by atoms with Crippen LogP contribution in [-0.2, 0) is 17.9 Å². The Kier molecular flexibility index (Phi) is 6.68. The number of rotatable bonds is 7. The van der Waals surface area contributed by atoms with Crippen LogP contribution in [0.15, 0.2) is 67.0 Å². The lowest BCUT2D eigenvalue weighted by molar-refractivity contribution is -0.129. The van der Waals surface area contributed by atoms with E-state index >= 15 is 0 Å². The first-order chi connectivity index (χ1) is 17.4. The summed E-state index contributed by atoms with van der Waals surface area (Å²) in [5, 5.41) is 10.8. The summed E-state index contributed by atoms with van der Waals surface area (Å²) in [6.45, 7) is 0.929. The summed E-state index contributed by atoms with van der Waals surface area (Å²) in [6, 6.07) is 17.9. The highest BCUT2D eigenvalue weighted by Crippen LogP contribution is 2.44. The van der Waals surface area contributed by atoms with Gasteiger partial charge in [-0.1, -0.05) is 55.7 Å². The standard InChI is InChI=1S/C30H33N3O3/c1-31(2)27(34)20-33-26-17-23(30(35)36)13-14-25(26)28(22-11-7-4-8-12-22)29(33)24-15-16-32(19-24)18-21-9-5-3-6-10-21/h3,5-6,9-10,13-17,19,22H,4,7-8,11-12,18,20H2,1-2H3,(H,35,36). The first-order valence-corrected chi connectivity index (χ1v) is 12.7. The van der Waals surface area contributed by atoms with Gasteiger partial charge in [-0.2, -0.15) is 0 Å². The van der Waals surface area contributed by atoms with Crippen molar-refractivity contribution in [1.29, 1.82) is 0 Å². The van der Waals surface area contributed by atoms with Gasteiger partial charge in [0, 0.05) is 44.0 Å². The van der Waals surface area contributed by atoms with Gasteiger partial charge in [0.05, 0.1) is 16.8 Å². The monoisotopic (exact) mass is 483 g/mol. The highest BCUT2D eigenvalue weighted by atomic mass is 16.4. The van der Waals surface area contributed by atoms with Crippen LogP contribution in [0.4, 0.5) is 0 Å². The summed E-state index contributed by atoms with van der Waals surface area (Å²) in [7, 11) is 3.52. The number of fused-ring (bicyclic) bond motifs is 1. The molecule has 0 unspecified atom stereocenters. The Morgan fingerprint density at radius 1 is 1.00 bits per heavy atom. The number of likely N-dealkylation sites (N-methyl/N-ethyl adjacent to an activating group) is 1. The van der Waals surface area contributed by atoms with Crippen molar-refractivity contribution in [2.45, 2.75) is 51.1 Å². The molecule has 1 fully saturated rings. The molecule has 1 saturated carbocycles. The number of aromatic nitrogens is 2. The molecule has 2 aromatic heterocycles. The van der Waals surface area contributed by atoms with Crippen molar-refractivity contribution < 1.29 is 14.7 Å². The lowest BCUT2D eigenvalue weighted by Crippen LogP contribution is -2.26. The third-order valence-electron chi connectivity index (χ3n) is 7.39. The molecule has 0 saturated heterocycles. The molecule has 1 amide bonds. The van der Waals surface area contributed by atoms with Crippen LogP contribution in [0.1, 0.15) is 59.5 Å². The van der Waals surface area contributed by atoms with Crippen LogP contribution in [-0.4, -0.2) is 45.1 Å². The second-order valence-corrected chi connectivity index (χ2v) is 10.1. The van der Waals surface area contributed by atoms with E-state index in [-0.39, 0.29) is 18.0 Å². The lowest BCUT2D eigenvalue weighted by Gasteiger charge is -2.23. The number of hydrogen-bond acceptors (Lipinski definition) is 2. The summed E-state index contributed by atoms with van der Waals surface area (Å²) >= 11 is 0. The molecule has 6 nitrogen and oxygen atoms in total. The number of carboxylic acid groups (broad SMARTS) is 1. The first kappa shape index (κ1) is 23.9. The van der Waals surface area contributed by atoms with Gasteiger partial charge in [0.15, 0.2) is 0 Å². The van der Waals surface area contributed by atoms with Crippen LogP contribution in [0.25, 0.3) is 22.2 Å². The molecule has 186 valence electrons. The van der Waals surface area contributed by atoms with Gasteiger partial charge in [0.2, 0.25) is 5.91 Å². The van der Waals surface area contributed by atoms with E-state index in [4.69, 9.17) is 0 Å². The number of carboxylic acids is 1. The summed E-state index contributed by atoms with van der Waals surface area (Å²) in [6.07, 6.45) is 10.1. The van der Waals surface area contributed by atoms with E-state index in [0.717, 1.165) is 41.5 Å². The van der Waals surface area contributed by atoms with Crippen molar-refractivity contribution in [3.8, 4) is 11.3 Å². The number of benzene rings is 2. The van der Waals surface area contributed by atoms with E-state index in [1.165, 1.54) is 30.4 Å². The van der Waals surface area contributed by atoms with Crippen molar-refractivity contribution >= 4 is 22.8 Å². The summed E-state index contributed by atoms with van der Waals surface area (Å²) < 4.78 is 4.23. The number of hydrogen-bond donors (Lipinski definition) is 1. The minimum Gasteiger partial charge on any atom is -0.478 e.